The molecule has 0 aliphatic heterocycles. The number of rotatable bonds is 2. The van der Waals surface area contributed by atoms with Crippen molar-refractivity contribution in [1.82, 2.24) is 14.5 Å². The fourth-order valence-electron chi connectivity index (χ4n) is 2.92. The van der Waals surface area contributed by atoms with Gasteiger partial charge in [-0.25, -0.2) is 4.98 Å². The predicted molar refractivity (Wildman–Crippen MR) is 90.1 cm³/mol. The van der Waals surface area contributed by atoms with E-state index in [2.05, 4.69) is 15.1 Å². The Morgan fingerprint density at radius 3 is 2.91 bits per heavy atom. The summed E-state index contributed by atoms with van der Waals surface area (Å²) in [6.07, 6.45) is 1.65. The summed E-state index contributed by atoms with van der Waals surface area (Å²) in [6, 6.07) is 8.79. The summed E-state index contributed by atoms with van der Waals surface area (Å²) in [5.41, 5.74) is 2.51. The highest BCUT2D eigenvalue weighted by molar-refractivity contribution is 6.31. The average Bonchev–Trinajstić information content (AvgIpc) is 3.03. The fraction of sp³-hybridized carbons (Fsp3) is 0.0625. The molecule has 3 heterocycles. The van der Waals surface area contributed by atoms with Gasteiger partial charge in [0.1, 0.15) is 11.3 Å². The fourth-order valence-corrected chi connectivity index (χ4v) is 3.09. The number of H-pyrrole nitrogens is 1. The van der Waals surface area contributed by atoms with E-state index in [9.17, 15) is 10.0 Å². The smallest absolute Gasteiger partial charge is 0.202 e. The van der Waals surface area contributed by atoms with Crippen molar-refractivity contribution in [1.29, 1.82) is 0 Å². The Hall–Kier alpha value is -2.86. The summed E-state index contributed by atoms with van der Waals surface area (Å²) in [7, 11) is 1.71. The molecule has 114 valence electrons. The number of nitroso groups, excluding NO2 is 1. The SMILES string of the molecule is Cn1c(O)c(-c2[nH]c3ccc(Cl)cc3c2N=O)c2cccnc21. The molecule has 23 heavy (non-hydrogen) atoms. The number of nitrogens with zero attached hydrogens (tertiary/aromatic N) is 3. The van der Waals surface area contributed by atoms with Crippen LogP contribution in [-0.4, -0.2) is 19.6 Å². The lowest BCUT2D eigenvalue weighted by molar-refractivity contribution is 0.436. The van der Waals surface area contributed by atoms with Gasteiger partial charge in [-0.1, -0.05) is 11.6 Å². The van der Waals surface area contributed by atoms with Gasteiger partial charge in [0.2, 0.25) is 5.88 Å². The van der Waals surface area contributed by atoms with Gasteiger partial charge < -0.3 is 10.1 Å². The van der Waals surface area contributed by atoms with Crippen LogP contribution in [0.15, 0.2) is 41.7 Å². The minimum Gasteiger partial charge on any atom is -0.494 e. The standard InChI is InChI=1S/C16H11ClN4O2/c1-21-15-9(3-2-6-18-15)12(16(21)22)14-13(20-23)10-7-8(17)4-5-11(10)19-14/h2-7,19,22H,1H3. The second-order valence-electron chi connectivity index (χ2n) is 5.26. The van der Waals surface area contributed by atoms with Crippen molar-refractivity contribution in [3.63, 3.8) is 0 Å². The summed E-state index contributed by atoms with van der Waals surface area (Å²) < 4.78 is 1.57. The highest BCUT2D eigenvalue weighted by Crippen LogP contribution is 2.45. The highest BCUT2D eigenvalue weighted by Gasteiger charge is 2.23. The molecule has 0 unspecified atom stereocenters. The summed E-state index contributed by atoms with van der Waals surface area (Å²) in [6.45, 7) is 0. The number of aromatic hydroxyl groups is 1. The highest BCUT2D eigenvalue weighted by atomic mass is 35.5. The lowest BCUT2D eigenvalue weighted by atomic mass is 10.1. The molecule has 0 amide bonds. The van der Waals surface area contributed by atoms with Crippen molar-refractivity contribution < 1.29 is 5.11 Å². The van der Waals surface area contributed by atoms with Crippen LogP contribution in [0.4, 0.5) is 5.69 Å². The molecule has 6 nitrogen and oxygen atoms in total. The Balaban J connectivity index is 2.15. The number of aromatic amines is 1. The first-order valence-electron chi connectivity index (χ1n) is 6.89. The van der Waals surface area contributed by atoms with Crippen LogP contribution < -0.4 is 0 Å². The summed E-state index contributed by atoms with van der Waals surface area (Å²) in [5, 5.41) is 15.5. The minimum atomic E-state index is 0.0150. The third kappa shape index (κ3) is 1.85. The number of hydrogen-bond acceptors (Lipinski definition) is 4. The molecular weight excluding hydrogens is 316 g/mol. The van der Waals surface area contributed by atoms with E-state index in [0.717, 1.165) is 10.9 Å². The first-order valence-corrected chi connectivity index (χ1v) is 7.27. The molecule has 0 radical (unpaired) electrons. The van der Waals surface area contributed by atoms with Crippen LogP contribution in [0.2, 0.25) is 5.02 Å². The zero-order valence-electron chi connectivity index (χ0n) is 12.0. The number of benzene rings is 1. The summed E-state index contributed by atoms with van der Waals surface area (Å²) in [5.74, 6) is 0.0150. The van der Waals surface area contributed by atoms with Crippen LogP contribution in [0.5, 0.6) is 5.88 Å². The maximum absolute atomic E-state index is 11.4. The van der Waals surface area contributed by atoms with Crippen LogP contribution >= 0.6 is 11.6 Å². The second kappa shape index (κ2) is 4.82. The van der Waals surface area contributed by atoms with Crippen molar-refractivity contribution >= 4 is 39.2 Å². The molecule has 0 saturated heterocycles. The zero-order chi connectivity index (χ0) is 16.1. The van der Waals surface area contributed by atoms with Gasteiger partial charge in [-0.2, -0.15) is 0 Å². The van der Waals surface area contributed by atoms with E-state index in [1.165, 1.54) is 0 Å². The van der Waals surface area contributed by atoms with Gasteiger partial charge in [0.15, 0.2) is 0 Å². The normalized spacial score (nSPS) is 11.4. The number of aryl methyl sites for hydroxylation is 1. The Morgan fingerprint density at radius 2 is 2.13 bits per heavy atom. The molecule has 0 spiro atoms. The predicted octanol–water partition coefficient (Wildman–Crippen LogP) is 4.48. The van der Waals surface area contributed by atoms with Crippen LogP contribution in [-0.2, 0) is 7.05 Å². The Kier molecular flexibility index (Phi) is 2.89. The van der Waals surface area contributed by atoms with Gasteiger partial charge in [0.25, 0.3) is 0 Å². The van der Waals surface area contributed by atoms with Gasteiger partial charge in [0, 0.05) is 34.6 Å². The number of pyridine rings is 1. The lowest BCUT2D eigenvalue weighted by Gasteiger charge is -1.99. The Morgan fingerprint density at radius 1 is 1.30 bits per heavy atom. The average molecular weight is 327 g/mol. The number of hydrogen-bond donors (Lipinski definition) is 2. The topological polar surface area (TPSA) is 83.3 Å². The lowest BCUT2D eigenvalue weighted by Crippen LogP contribution is -1.87. The molecule has 7 heteroatoms. The van der Waals surface area contributed by atoms with Gasteiger partial charge in [-0.15, -0.1) is 4.91 Å². The molecule has 0 aliphatic rings. The Labute approximate surface area is 135 Å². The molecule has 0 aliphatic carbocycles. The van der Waals surface area contributed by atoms with Gasteiger partial charge >= 0.3 is 0 Å². The minimum absolute atomic E-state index is 0.0150. The van der Waals surface area contributed by atoms with Gasteiger partial charge in [0.05, 0.1) is 11.3 Å². The molecule has 0 saturated carbocycles. The van der Waals surface area contributed by atoms with E-state index in [-0.39, 0.29) is 11.6 Å². The molecule has 2 N–H and O–H groups in total. The second-order valence-corrected chi connectivity index (χ2v) is 5.70. The van der Waals surface area contributed by atoms with Crippen molar-refractivity contribution in [2.24, 2.45) is 12.2 Å². The zero-order valence-corrected chi connectivity index (χ0v) is 12.8. The van der Waals surface area contributed by atoms with Crippen LogP contribution in [0, 0.1) is 4.91 Å². The molecule has 3 aromatic heterocycles. The number of halogens is 1. The van der Waals surface area contributed by atoms with Crippen LogP contribution in [0.25, 0.3) is 33.2 Å². The van der Waals surface area contributed by atoms with Gasteiger partial charge in [-0.05, 0) is 35.5 Å². The Bertz CT molecular complexity index is 1080. The molecule has 4 rings (SSSR count). The summed E-state index contributed by atoms with van der Waals surface area (Å²) in [4.78, 5) is 18.8. The van der Waals surface area contributed by atoms with Crippen molar-refractivity contribution in [3.8, 4) is 17.1 Å². The van der Waals surface area contributed by atoms with Gasteiger partial charge in [-0.3, -0.25) is 4.57 Å². The number of nitrogens with one attached hydrogen (secondary N) is 1. The number of aromatic nitrogens is 3. The van der Waals surface area contributed by atoms with Crippen LogP contribution in [0.3, 0.4) is 0 Å². The van der Waals surface area contributed by atoms with Crippen molar-refractivity contribution in [3.05, 3.63) is 46.5 Å². The van der Waals surface area contributed by atoms with E-state index < -0.39 is 0 Å². The molecular formula is C16H11ClN4O2. The molecule has 0 atom stereocenters. The maximum atomic E-state index is 11.4. The molecule has 0 bridgehead atoms. The van der Waals surface area contributed by atoms with E-state index in [1.807, 2.05) is 6.07 Å². The monoisotopic (exact) mass is 326 g/mol. The van der Waals surface area contributed by atoms with E-state index in [0.29, 0.717) is 27.3 Å². The molecule has 4 aromatic rings. The molecule has 1 aromatic carbocycles. The largest absolute Gasteiger partial charge is 0.494 e. The first-order chi connectivity index (χ1) is 11.1. The van der Waals surface area contributed by atoms with Crippen molar-refractivity contribution in [2.75, 3.05) is 0 Å². The first kappa shape index (κ1) is 13.8. The van der Waals surface area contributed by atoms with Crippen LogP contribution in [0.1, 0.15) is 0 Å². The third-order valence-corrected chi connectivity index (χ3v) is 4.22. The van der Waals surface area contributed by atoms with E-state index in [1.54, 1.807) is 42.1 Å². The van der Waals surface area contributed by atoms with E-state index >= 15 is 0 Å². The van der Waals surface area contributed by atoms with Crippen molar-refractivity contribution in [2.45, 2.75) is 0 Å². The van der Waals surface area contributed by atoms with E-state index in [4.69, 9.17) is 11.6 Å². The number of fused-ring (bicyclic) bond motifs is 2. The summed E-state index contributed by atoms with van der Waals surface area (Å²) >= 11 is 6.01. The third-order valence-electron chi connectivity index (χ3n) is 3.99. The molecule has 0 fully saturated rings. The quantitative estimate of drug-likeness (QED) is 0.533. The maximum Gasteiger partial charge on any atom is 0.202 e.